The summed E-state index contributed by atoms with van der Waals surface area (Å²) in [5, 5.41) is 7.13. The van der Waals surface area contributed by atoms with Gasteiger partial charge in [0, 0.05) is 10.7 Å². The van der Waals surface area contributed by atoms with Crippen LogP contribution in [-0.2, 0) is 4.74 Å². The lowest BCUT2D eigenvalue weighted by molar-refractivity contribution is 0.0600. The number of hydrogen-bond donors (Lipinski definition) is 2. The SMILES string of the molecule is CCOc1cc(C(=O)OC)cc(NC(=S)Nc2cccc(Cl)c2C)c1OCC. The van der Waals surface area contributed by atoms with Gasteiger partial charge in [-0.15, -0.1) is 0 Å². The van der Waals surface area contributed by atoms with Crippen molar-refractivity contribution in [1.82, 2.24) is 0 Å². The third-order valence-corrected chi connectivity index (χ3v) is 4.44. The molecule has 2 aromatic carbocycles. The van der Waals surface area contributed by atoms with Gasteiger partial charge in [-0.2, -0.15) is 0 Å². The molecule has 28 heavy (non-hydrogen) atoms. The normalized spacial score (nSPS) is 10.2. The van der Waals surface area contributed by atoms with Crippen LogP contribution in [0.5, 0.6) is 11.5 Å². The maximum Gasteiger partial charge on any atom is 0.338 e. The minimum absolute atomic E-state index is 0.316. The molecule has 6 nitrogen and oxygen atoms in total. The van der Waals surface area contributed by atoms with Crippen molar-refractivity contribution in [2.24, 2.45) is 0 Å². The highest BCUT2D eigenvalue weighted by molar-refractivity contribution is 7.80. The molecular weight excluding hydrogens is 400 g/mol. The highest BCUT2D eigenvalue weighted by Crippen LogP contribution is 2.37. The van der Waals surface area contributed by atoms with E-state index < -0.39 is 5.97 Å². The van der Waals surface area contributed by atoms with Crippen molar-refractivity contribution < 1.29 is 19.0 Å². The minimum Gasteiger partial charge on any atom is -0.490 e. The average molecular weight is 423 g/mol. The molecule has 0 aromatic heterocycles. The summed E-state index contributed by atoms with van der Waals surface area (Å²) in [6.45, 7) is 6.43. The third kappa shape index (κ3) is 5.27. The van der Waals surface area contributed by atoms with Crippen molar-refractivity contribution in [3.8, 4) is 11.5 Å². The van der Waals surface area contributed by atoms with E-state index in [1.165, 1.54) is 7.11 Å². The minimum atomic E-state index is -0.489. The van der Waals surface area contributed by atoms with Crippen LogP contribution in [0.4, 0.5) is 11.4 Å². The Morgan fingerprint density at radius 2 is 1.79 bits per heavy atom. The number of halogens is 1. The quantitative estimate of drug-likeness (QED) is 0.478. The highest BCUT2D eigenvalue weighted by Gasteiger charge is 2.18. The summed E-state index contributed by atoms with van der Waals surface area (Å²) >= 11 is 11.6. The van der Waals surface area contributed by atoms with Crippen molar-refractivity contribution in [3.63, 3.8) is 0 Å². The monoisotopic (exact) mass is 422 g/mol. The largest absolute Gasteiger partial charge is 0.490 e. The topological polar surface area (TPSA) is 68.8 Å². The van der Waals surface area contributed by atoms with E-state index in [2.05, 4.69) is 10.6 Å². The van der Waals surface area contributed by atoms with Gasteiger partial charge in [-0.25, -0.2) is 4.79 Å². The van der Waals surface area contributed by atoms with Crippen LogP contribution >= 0.6 is 23.8 Å². The fraction of sp³-hybridized carbons (Fsp3) is 0.300. The Labute approximate surface area is 175 Å². The molecule has 0 bridgehead atoms. The Kier molecular flexibility index (Phi) is 7.90. The second kappa shape index (κ2) is 10.1. The summed E-state index contributed by atoms with van der Waals surface area (Å²) < 4.78 is 16.2. The molecule has 0 saturated heterocycles. The van der Waals surface area contributed by atoms with Crippen LogP contribution in [0.3, 0.4) is 0 Å². The zero-order valence-corrected chi connectivity index (χ0v) is 17.8. The molecule has 0 heterocycles. The zero-order chi connectivity index (χ0) is 20.7. The average Bonchev–Trinajstić information content (AvgIpc) is 2.67. The van der Waals surface area contributed by atoms with Gasteiger partial charge < -0.3 is 24.8 Å². The van der Waals surface area contributed by atoms with Crippen molar-refractivity contribution in [2.45, 2.75) is 20.8 Å². The molecule has 0 saturated carbocycles. The van der Waals surface area contributed by atoms with Crippen LogP contribution in [0, 0.1) is 6.92 Å². The van der Waals surface area contributed by atoms with E-state index in [0.29, 0.717) is 46.1 Å². The highest BCUT2D eigenvalue weighted by atomic mass is 35.5. The summed E-state index contributed by atoms with van der Waals surface area (Å²) in [7, 11) is 1.32. The van der Waals surface area contributed by atoms with Crippen molar-refractivity contribution in [3.05, 3.63) is 46.5 Å². The van der Waals surface area contributed by atoms with Crippen molar-refractivity contribution in [1.29, 1.82) is 0 Å². The molecule has 0 atom stereocenters. The number of rotatable bonds is 7. The first-order valence-electron chi connectivity index (χ1n) is 8.76. The molecule has 0 unspecified atom stereocenters. The molecule has 0 aliphatic carbocycles. The second-order valence-corrected chi connectivity index (χ2v) is 6.52. The van der Waals surface area contributed by atoms with Crippen LogP contribution in [0.2, 0.25) is 5.02 Å². The molecule has 0 aliphatic rings. The zero-order valence-electron chi connectivity index (χ0n) is 16.2. The first-order chi connectivity index (χ1) is 13.4. The van der Waals surface area contributed by atoms with Gasteiger partial charge in [-0.1, -0.05) is 17.7 Å². The molecule has 0 radical (unpaired) electrons. The third-order valence-electron chi connectivity index (χ3n) is 3.83. The van der Waals surface area contributed by atoms with Crippen LogP contribution in [-0.4, -0.2) is 31.4 Å². The molecule has 0 amide bonds. The maximum atomic E-state index is 12.0. The molecular formula is C20H23ClN2O4S. The maximum absolute atomic E-state index is 12.0. The molecule has 2 aromatic rings. The van der Waals surface area contributed by atoms with E-state index in [4.69, 9.17) is 38.0 Å². The number of hydrogen-bond acceptors (Lipinski definition) is 5. The van der Waals surface area contributed by atoms with E-state index in [-0.39, 0.29) is 0 Å². The Balaban J connectivity index is 2.38. The first kappa shape index (κ1) is 21.8. The van der Waals surface area contributed by atoms with Gasteiger partial charge in [0.25, 0.3) is 0 Å². The van der Waals surface area contributed by atoms with E-state index in [9.17, 15) is 4.79 Å². The van der Waals surface area contributed by atoms with Gasteiger partial charge in [0.1, 0.15) is 0 Å². The lowest BCUT2D eigenvalue weighted by atomic mass is 10.1. The predicted molar refractivity (Wildman–Crippen MR) is 116 cm³/mol. The van der Waals surface area contributed by atoms with Crippen LogP contribution in [0.25, 0.3) is 0 Å². The number of methoxy groups -OCH3 is 1. The molecule has 2 rings (SSSR count). The summed E-state index contributed by atoms with van der Waals surface area (Å²) in [5.41, 5.74) is 2.46. The van der Waals surface area contributed by atoms with E-state index in [1.54, 1.807) is 18.2 Å². The molecule has 2 N–H and O–H groups in total. The Hall–Kier alpha value is -2.51. The first-order valence-corrected chi connectivity index (χ1v) is 9.54. The number of ether oxygens (including phenoxy) is 3. The van der Waals surface area contributed by atoms with Gasteiger partial charge in [0.2, 0.25) is 0 Å². The smallest absolute Gasteiger partial charge is 0.338 e. The van der Waals surface area contributed by atoms with Gasteiger partial charge >= 0.3 is 5.97 Å². The lowest BCUT2D eigenvalue weighted by Gasteiger charge is -2.19. The van der Waals surface area contributed by atoms with E-state index in [1.807, 2.05) is 32.9 Å². The fourth-order valence-corrected chi connectivity index (χ4v) is 2.90. The summed E-state index contributed by atoms with van der Waals surface area (Å²) in [4.78, 5) is 12.0. The molecule has 0 fully saturated rings. The van der Waals surface area contributed by atoms with Gasteiger partial charge in [0.05, 0.1) is 31.6 Å². The van der Waals surface area contributed by atoms with Gasteiger partial charge in [-0.05, 0) is 62.8 Å². The Morgan fingerprint density at radius 1 is 1.11 bits per heavy atom. The van der Waals surface area contributed by atoms with Crippen LogP contribution < -0.4 is 20.1 Å². The Morgan fingerprint density at radius 3 is 2.43 bits per heavy atom. The number of carbonyl (C=O) groups excluding carboxylic acids is 1. The lowest BCUT2D eigenvalue weighted by Crippen LogP contribution is -2.21. The van der Waals surface area contributed by atoms with Gasteiger partial charge in [-0.3, -0.25) is 0 Å². The summed E-state index contributed by atoms with van der Waals surface area (Å²) in [5.74, 6) is 0.400. The predicted octanol–water partition coefficient (Wildman–Crippen LogP) is 5.04. The van der Waals surface area contributed by atoms with Gasteiger partial charge in [0.15, 0.2) is 16.6 Å². The van der Waals surface area contributed by atoms with Crippen molar-refractivity contribution in [2.75, 3.05) is 31.0 Å². The number of esters is 1. The number of nitrogens with one attached hydrogen (secondary N) is 2. The molecule has 0 spiro atoms. The summed E-state index contributed by atoms with van der Waals surface area (Å²) in [6.07, 6.45) is 0. The number of thiocarbonyl (C=S) groups is 1. The number of anilines is 2. The fourth-order valence-electron chi connectivity index (χ4n) is 2.51. The standard InChI is InChI=1S/C20H23ClN2O4S/c1-5-26-17-11-13(19(24)25-4)10-16(18(17)27-6-2)23-20(28)22-15-9-7-8-14(21)12(15)3/h7-11H,5-6H2,1-4H3,(H2,22,23,28). The van der Waals surface area contributed by atoms with Crippen LogP contribution in [0.1, 0.15) is 29.8 Å². The van der Waals surface area contributed by atoms with E-state index >= 15 is 0 Å². The molecule has 0 aliphatic heterocycles. The number of carbonyl (C=O) groups is 1. The second-order valence-electron chi connectivity index (χ2n) is 5.70. The number of benzene rings is 2. The summed E-state index contributed by atoms with van der Waals surface area (Å²) in [6, 6.07) is 8.70. The molecule has 150 valence electrons. The Bertz CT molecular complexity index is 874. The molecule has 8 heteroatoms. The van der Waals surface area contributed by atoms with Crippen molar-refractivity contribution >= 4 is 46.3 Å². The van der Waals surface area contributed by atoms with E-state index in [0.717, 1.165) is 11.3 Å². The van der Waals surface area contributed by atoms with Crippen LogP contribution in [0.15, 0.2) is 30.3 Å².